The molecule has 0 aliphatic rings. The molecule has 1 aromatic heterocycles. The largest absolute Gasteiger partial charge is 0.342 e. The first-order valence-electron chi connectivity index (χ1n) is 6.69. The number of aryl methyl sites for hydroxylation is 1. The molecule has 0 bridgehead atoms. The SMILES string of the molecule is Cc1ccc(C(=O)NCC(=O)N(C)Cc2ccccc2)s1. The molecule has 5 heteroatoms. The molecule has 4 nitrogen and oxygen atoms in total. The maximum absolute atomic E-state index is 12.0. The summed E-state index contributed by atoms with van der Waals surface area (Å²) in [5.74, 6) is -0.310. The van der Waals surface area contributed by atoms with E-state index in [2.05, 4.69) is 5.32 Å². The van der Waals surface area contributed by atoms with Crippen molar-refractivity contribution in [1.29, 1.82) is 0 Å². The number of benzene rings is 1. The number of amides is 2. The summed E-state index contributed by atoms with van der Waals surface area (Å²) in [4.78, 5) is 27.2. The molecule has 0 aliphatic carbocycles. The van der Waals surface area contributed by atoms with Gasteiger partial charge < -0.3 is 10.2 Å². The predicted octanol–water partition coefficient (Wildman–Crippen LogP) is 2.44. The number of thiophene rings is 1. The van der Waals surface area contributed by atoms with Crippen LogP contribution in [0.4, 0.5) is 0 Å². The predicted molar refractivity (Wildman–Crippen MR) is 84.3 cm³/mol. The van der Waals surface area contributed by atoms with Crippen LogP contribution in [-0.4, -0.2) is 30.3 Å². The summed E-state index contributed by atoms with van der Waals surface area (Å²) in [6.45, 7) is 2.49. The van der Waals surface area contributed by atoms with Crippen molar-refractivity contribution in [2.24, 2.45) is 0 Å². The zero-order valence-corrected chi connectivity index (χ0v) is 12.9. The lowest BCUT2D eigenvalue weighted by Gasteiger charge is -2.17. The van der Waals surface area contributed by atoms with E-state index < -0.39 is 0 Å². The molecule has 0 atom stereocenters. The molecule has 2 amide bonds. The standard InChI is InChI=1S/C16H18N2O2S/c1-12-8-9-14(21-12)16(20)17-10-15(19)18(2)11-13-6-4-3-5-7-13/h3-9H,10-11H2,1-2H3,(H,17,20). The van der Waals surface area contributed by atoms with Gasteiger partial charge in [-0.1, -0.05) is 30.3 Å². The van der Waals surface area contributed by atoms with Gasteiger partial charge in [0.1, 0.15) is 0 Å². The summed E-state index contributed by atoms with van der Waals surface area (Å²) >= 11 is 1.42. The molecule has 0 radical (unpaired) electrons. The van der Waals surface area contributed by atoms with E-state index in [-0.39, 0.29) is 18.4 Å². The first-order chi connectivity index (χ1) is 10.1. The van der Waals surface area contributed by atoms with E-state index in [0.717, 1.165) is 10.4 Å². The van der Waals surface area contributed by atoms with Gasteiger partial charge in [0.05, 0.1) is 11.4 Å². The quantitative estimate of drug-likeness (QED) is 0.922. The Morgan fingerprint density at radius 1 is 1.14 bits per heavy atom. The lowest BCUT2D eigenvalue weighted by molar-refractivity contribution is -0.129. The number of likely N-dealkylation sites (N-methyl/N-ethyl adjacent to an activating group) is 1. The van der Waals surface area contributed by atoms with Gasteiger partial charge in [-0.3, -0.25) is 9.59 Å². The van der Waals surface area contributed by atoms with Crippen LogP contribution in [0.3, 0.4) is 0 Å². The van der Waals surface area contributed by atoms with E-state index in [9.17, 15) is 9.59 Å². The molecule has 110 valence electrons. The Morgan fingerprint density at radius 2 is 1.86 bits per heavy atom. The van der Waals surface area contributed by atoms with Gasteiger partial charge in [-0.15, -0.1) is 11.3 Å². The number of nitrogens with zero attached hydrogens (tertiary/aromatic N) is 1. The van der Waals surface area contributed by atoms with Gasteiger partial charge in [-0.2, -0.15) is 0 Å². The van der Waals surface area contributed by atoms with Crippen molar-refractivity contribution in [3.8, 4) is 0 Å². The molecule has 0 fully saturated rings. The zero-order chi connectivity index (χ0) is 15.2. The minimum Gasteiger partial charge on any atom is -0.342 e. The van der Waals surface area contributed by atoms with Crippen molar-refractivity contribution in [3.05, 3.63) is 57.8 Å². The molecule has 0 spiro atoms. The Balaban J connectivity index is 1.82. The second-order valence-electron chi connectivity index (χ2n) is 4.83. The van der Waals surface area contributed by atoms with Gasteiger partial charge in [0, 0.05) is 18.5 Å². The summed E-state index contributed by atoms with van der Waals surface area (Å²) in [5, 5.41) is 2.66. The molecule has 0 unspecified atom stereocenters. The molecule has 0 saturated heterocycles. The zero-order valence-electron chi connectivity index (χ0n) is 12.1. The number of nitrogens with one attached hydrogen (secondary N) is 1. The Hall–Kier alpha value is -2.14. The molecule has 0 saturated carbocycles. The average molecular weight is 302 g/mol. The molecule has 2 aromatic rings. The Morgan fingerprint density at radius 3 is 2.48 bits per heavy atom. The first-order valence-corrected chi connectivity index (χ1v) is 7.50. The van der Waals surface area contributed by atoms with Crippen LogP contribution < -0.4 is 5.32 Å². The smallest absolute Gasteiger partial charge is 0.261 e. The molecule has 1 aromatic carbocycles. The molecular weight excluding hydrogens is 284 g/mol. The highest BCUT2D eigenvalue weighted by Gasteiger charge is 2.13. The maximum atomic E-state index is 12.0. The van der Waals surface area contributed by atoms with Crippen molar-refractivity contribution in [2.75, 3.05) is 13.6 Å². The minimum atomic E-state index is -0.199. The average Bonchev–Trinajstić information content (AvgIpc) is 2.92. The molecule has 1 N–H and O–H groups in total. The lowest BCUT2D eigenvalue weighted by atomic mass is 10.2. The second-order valence-corrected chi connectivity index (χ2v) is 6.12. The molecule has 2 rings (SSSR count). The summed E-state index contributed by atoms with van der Waals surface area (Å²) in [7, 11) is 1.73. The van der Waals surface area contributed by atoms with E-state index >= 15 is 0 Å². The van der Waals surface area contributed by atoms with Crippen LogP contribution in [0.1, 0.15) is 20.1 Å². The van der Waals surface area contributed by atoms with Crippen LogP contribution in [0.5, 0.6) is 0 Å². The summed E-state index contributed by atoms with van der Waals surface area (Å²) in [6, 6.07) is 13.4. The monoisotopic (exact) mass is 302 g/mol. The fraction of sp³-hybridized carbons (Fsp3) is 0.250. The van der Waals surface area contributed by atoms with Crippen LogP contribution in [0, 0.1) is 6.92 Å². The highest BCUT2D eigenvalue weighted by Crippen LogP contribution is 2.14. The van der Waals surface area contributed by atoms with Crippen LogP contribution >= 0.6 is 11.3 Å². The first kappa shape index (κ1) is 15.3. The highest BCUT2D eigenvalue weighted by molar-refractivity contribution is 7.13. The maximum Gasteiger partial charge on any atom is 0.261 e. The van der Waals surface area contributed by atoms with Gasteiger partial charge >= 0.3 is 0 Å². The third kappa shape index (κ3) is 4.43. The number of hydrogen-bond acceptors (Lipinski definition) is 3. The Kier molecular flexibility index (Phi) is 5.11. The van der Waals surface area contributed by atoms with Gasteiger partial charge in [0.2, 0.25) is 5.91 Å². The van der Waals surface area contributed by atoms with E-state index in [1.54, 1.807) is 18.0 Å². The van der Waals surface area contributed by atoms with Gasteiger partial charge in [0.15, 0.2) is 0 Å². The fourth-order valence-electron chi connectivity index (χ4n) is 1.88. The van der Waals surface area contributed by atoms with Gasteiger partial charge in [-0.25, -0.2) is 0 Å². The molecule has 21 heavy (non-hydrogen) atoms. The van der Waals surface area contributed by atoms with E-state index in [0.29, 0.717) is 11.4 Å². The normalized spacial score (nSPS) is 10.2. The lowest BCUT2D eigenvalue weighted by Crippen LogP contribution is -2.37. The van der Waals surface area contributed by atoms with Gasteiger partial charge in [-0.05, 0) is 24.6 Å². The molecule has 1 heterocycles. The number of rotatable bonds is 5. The second kappa shape index (κ2) is 7.04. The highest BCUT2D eigenvalue weighted by atomic mass is 32.1. The number of carbonyl (C=O) groups is 2. The topological polar surface area (TPSA) is 49.4 Å². The number of hydrogen-bond donors (Lipinski definition) is 1. The van der Waals surface area contributed by atoms with E-state index in [1.165, 1.54) is 11.3 Å². The summed E-state index contributed by atoms with van der Waals surface area (Å²) in [6.07, 6.45) is 0. The third-order valence-corrected chi connectivity index (χ3v) is 4.05. The van der Waals surface area contributed by atoms with Crippen LogP contribution in [0.2, 0.25) is 0 Å². The molecular formula is C16H18N2O2S. The van der Waals surface area contributed by atoms with Gasteiger partial charge in [0.25, 0.3) is 5.91 Å². The third-order valence-electron chi connectivity index (χ3n) is 3.05. The van der Waals surface area contributed by atoms with Crippen LogP contribution in [-0.2, 0) is 11.3 Å². The van der Waals surface area contributed by atoms with E-state index in [4.69, 9.17) is 0 Å². The van der Waals surface area contributed by atoms with Crippen LogP contribution in [0.25, 0.3) is 0 Å². The number of carbonyl (C=O) groups excluding carboxylic acids is 2. The van der Waals surface area contributed by atoms with Crippen molar-refractivity contribution >= 4 is 23.2 Å². The van der Waals surface area contributed by atoms with Crippen molar-refractivity contribution in [1.82, 2.24) is 10.2 Å². The van der Waals surface area contributed by atoms with Crippen molar-refractivity contribution in [3.63, 3.8) is 0 Å². The Bertz CT molecular complexity index is 622. The van der Waals surface area contributed by atoms with Crippen LogP contribution in [0.15, 0.2) is 42.5 Å². The Labute approximate surface area is 128 Å². The van der Waals surface area contributed by atoms with Crippen molar-refractivity contribution in [2.45, 2.75) is 13.5 Å². The van der Waals surface area contributed by atoms with Crippen molar-refractivity contribution < 1.29 is 9.59 Å². The summed E-state index contributed by atoms with van der Waals surface area (Å²) < 4.78 is 0. The molecule has 0 aliphatic heterocycles. The van der Waals surface area contributed by atoms with E-state index in [1.807, 2.05) is 43.3 Å². The summed E-state index contributed by atoms with van der Waals surface area (Å²) in [5.41, 5.74) is 1.06. The fourth-order valence-corrected chi connectivity index (χ4v) is 2.66. The minimum absolute atomic E-state index is 0.0130.